The lowest BCUT2D eigenvalue weighted by Crippen LogP contribution is -2.22. The minimum Gasteiger partial charge on any atom is -0.474 e. The predicted octanol–water partition coefficient (Wildman–Crippen LogP) is 3.72. The van der Waals surface area contributed by atoms with Crippen LogP contribution < -0.4 is 4.74 Å². The highest BCUT2D eigenvalue weighted by molar-refractivity contribution is 7.98. The van der Waals surface area contributed by atoms with Crippen molar-refractivity contribution in [3.63, 3.8) is 0 Å². The van der Waals surface area contributed by atoms with Gasteiger partial charge < -0.3 is 4.74 Å². The maximum Gasteiger partial charge on any atom is 0.227 e. The van der Waals surface area contributed by atoms with Crippen molar-refractivity contribution in [3.8, 4) is 17.1 Å². The Kier molecular flexibility index (Phi) is 3.17. The Morgan fingerprint density at radius 1 is 1.38 bits per heavy atom. The topological polar surface area (TPSA) is 39.9 Å². The van der Waals surface area contributed by atoms with Crippen LogP contribution in [0.5, 0.6) is 5.88 Å². The van der Waals surface area contributed by atoms with E-state index in [2.05, 4.69) is 35.0 Å². The third-order valence-electron chi connectivity index (χ3n) is 4.47. The first-order chi connectivity index (χ1) is 10.3. The maximum atomic E-state index is 6.15. The van der Waals surface area contributed by atoms with Gasteiger partial charge in [0, 0.05) is 23.9 Å². The Labute approximate surface area is 128 Å². The molecule has 2 atom stereocenters. The van der Waals surface area contributed by atoms with Crippen LogP contribution in [0, 0.1) is 0 Å². The van der Waals surface area contributed by atoms with E-state index in [1.807, 2.05) is 6.20 Å². The molecular formula is C16H19N3OS. The van der Waals surface area contributed by atoms with Gasteiger partial charge in [-0.3, -0.25) is 4.98 Å². The van der Waals surface area contributed by atoms with E-state index in [-0.39, 0.29) is 0 Å². The van der Waals surface area contributed by atoms with E-state index in [0.717, 1.165) is 47.0 Å². The Balaban J connectivity index is 1.80. The zero-order chi connectivity index (χ0) is 14.4. The molecule has 1 aliphatic carbocycles. The van der Waals surface area contributed by atoms with Crippen molar-refractivity contribution in [2.24, 2.45) is 0 Å². The molecule has 1 aliphatic heterocycles. The molecule has 4 rings (SSSR count). The minimum absolute atomic E-state index is 0.388. The van der Waals surface area contributed by atoms with Crippen LogP contribution in [0.3, 0.4) is 0 Å². The smallest absolute Gasteiger partial charge is 0.227 e. The lowest BCUT2D eigenvalue weighted by molar-refractivity contribution is 0.149. The third-order valence-corrected chi connectivity index (χ3v) is 5.25. The van der Waals surface area contributed by atoms with Crippen LogP contribution in [0.25, 0.3) is 11.3 Å². The highest BCUT2D eigenvalue weighted by Gasteiger charge is 2.37. The molecule has 21 heavy (non-hydrogen) atoms. The molecule has 0 amide bonds. The third kappa shape index (κ3) is 2.06. The summed E-state index contributed by atoms with van der Waals surface area (Å²) in [5, 5.41) is 4.86. The van der Waals surface area contributed by atoms with Gasteiger partial charge in [-0.1, -0.05) is 6.92 Å². The van der Waals surface area contributed by atoms with Crippen molar-refractivity contribution in [2.45, 2.75) is 49.6 Å². The van der Waals surface area contributed by atoms with E-state index >= 15 is 0 Å². The van der Waals surface area contributed by atoms with Crippen molar-refractivity contribution in [3.05, 3.63) is 24.0 Å². The number of rotatable bonds is 3. The number of nitrogens with zero attached hydrogens (tertiary/aromatic N) is 3. The second-order valence-electron chi connectivity index (χ2n) is 5.73. The second-order valence-corrected chi connectivity index (χ2v) is 6.55. The highest BCUT2D eigenvalue weighted by Crippen LogP contribution is 2.47. The summed E-state index contributed by atoms with van der Waals surface area (Å²) in [5.74, 6) is 0.968. The first-order valence-corrected chi connectivity index (χ1v) is 8.81. The van der Waals surface area contributed by atoms with Gasteiger partial charge in [-0.05, 0) is 37.7 Å². The largest absolute Gasteiger partial charge is 0.474 e. The lowest BCUT2D eigenvalue weighted by Gasteiger charge is -2.22. The Hall–Kier alpha value is -1.49. The fourth-order valence-corrected chi connectivity index (χ4v) is 3.98. The molecule has 2 aromatic heterocycles. The number of pyridine rings is 1. The van der Waals surface area contributed by atoms with Crippen LogP contribution in [0.2, 0.25) is 0 Å². The van der Waals surface area contributed by atoms with Crippen molar-refractivity contribution in [1.82, 2.24) is 14.8 Å². The molecule has 0 N–H and O–H groups in total. The van der Waals surface area contributed by atoms with Crippen molar-refractivity contribution in [1.29, 1.82) is 0 Å². The van der Waals surface area contributed by atoms with Crippen molar-refractivity contribution >= 4 is 11.8 Å². The molecule has 0 radical (unpaired) electrons. The zero-order valence-corrected chi connectivity index (χ0v) is 13.2. The molecule has 3 heterocycles. The van der Waals surface area contributed by atoms with Gasteiger partial charge in [-0.2, -0.15) is 5.10 Å². The molecule has 0 saturated heterocycles. The molecule has 0 aromatic carbocycles. The number of hydrogen-bond acceptors (Lipinski definition) is 4. The van der Waals surface area contributed by atoms with Gasteiger partial charge >= 0.3 is 0 Å². The SMILES string of the molecule is CCc1ccc(-c2nn3c(c2SC)OC2CCC3C2)cn1. The highest BCUT2D eigenvalue weighted by atomic mass is 32.2. The van der Waals surface area contributed by atoms with Crippen LogP contribution in [0.15, 0.2) is 23.2 Å². The van der Waals surface area contributed by atoms with E-state index in [9.17, 15) is 0 Å². The van der Waals surface area contributed by atoms with Crippen molar-refractivity contribution < 1.29 is 4.74 Å². The van der Waals surface area contributed by atoms with Gasteiger partial charge in [0.2, 0.25) is 5.88 Å². The van der Waals surface area contributed by atoms with Gasteiger partial charge in [-0.15, -0.1) is 11.8 Å². The van der Waals surface area contributed by atoms with E-state index in [0.29, 0.717) is 12.1 Å². The summed E-state index contributed by atoms with van der Waals surface area (Å²) >= 11 is 1.72. The molecule has 2 aliphatic rings. The van der Waals surface area contributed by atoms with Gasteiger partial charge in [0.1, 0.15) is 11.8 Å². The maximum absolute atomic E-state index is 6.15. The average Bonchev–Trinajstić information content (AvgIpc) is 3.10. The monoisotopic (exact) mass is 301 g/mol. The van der Waals surface area contributed by atoms with E-state index in [1.54, 1.807) is 11.8 Å². The summed E-state index contributed by atoms with van der Waals surface area (Å²) in [6.45, 7) is 2.12. The second kappa shape index (κ2) is 5.05. The number of aryl methyl sites for hydroxylation is 1. The lowest BCUT2D eigenvalue weighted by atomic mass is 10.2. The summed E-state index contributed by atoms with van der Waals surface area (Å²) in [4.78, 5) is 5.65. The molecule has 0 spiro atoms. The summed E-state index contributed by atoms with van der Waals surface area (Å²) in [6.07, 6.45) is 8.82. The van der Waals surface area contributed by atoms with Gasteiger partial charge in [0.25, 0.3) is 0 Å². The Morgan fingerprint density at radius 3 is 3.00 bits per heavy atom. The first-order valence-electron chi connectivity index (χ1n) is 7.58. The van der Waals surface area contributed by atoms with Gasteiger partial charge in [0.15, 0.2) is 0 Å². The van der Waals surface area contributed by atoms with Crippen molar-refractivity contribution in [2.75, 3.05) is 6.26 Å². The first kappa shape index (κ1) is 13.2. The molecule has 2 aromatic rings. The van der Waals surface area contributed by atoms with E-state index in [4.69, 9.17) is 9.84 Å². The quantitative estimate of drug-likeness (QED) is 0.810. The normalized spacial score (nSPS) is 23.0. The Bertz CT molecular complexity index is 665. The molecule has 5 heteroatoms. The van der Waals surface area contributed by atoms with Crippen LogP contribution in [0.4, 0.5) is 0 Å². The number of fused-ring (bicyclic) bond motifs is 4. The molecular weight excluding hydrogens is 282 g/mol. The zero-order valence-electron chi connectivity index (χ0n) is 12.4. The number of thioether (sulfide) groups is 1. The van der Waals surface area contributed by atoms with Crippen LogP contribution in [-0.2, 0) is 6.42 Å². The molecule has 1 saturated carbocycles. The average molecular weight is 301 g/mol. The summed E-state index contributed by atoms with van der Waals surface area (Å²) in [6, 6.07) is 4.73. The summed E-state index contributed by atoms with van der Waals surface area (Å²) in [7, 11) is 0. The minimum atomic E-state index is 0.388. The molecule has 110 valence electrons. The fourth-order valence-electron chi connectivity index (χ4n) is 3.31. The molecule has 1 fully saturated rings. The van der Waals surface area contributed by atoms with Crippen LogP contribution in [0.1, 0.15) is 37.9 Å². The number of hydrogen-bond donors (Lipinski definition) is 0. The van der Waals surface area contributed by atoms with E-state index < -0.39 is 0 Å². The van der Waals surface area contributed by atoms with Crippen LogP contribution >= 0.6 is 11.8 Å². The fraction of sp³-hybridized carbons (Fsp3) is 0.500. The Morgan fingerprint density at radius 2 is 2.29 bits per heavy atom. The molecule has 4 nitrogen and oxygen atoms in total. The standard InChI is InChI=1S/C16H19N3OS/c1-3-11-5-4-10(9-17-11)14-15(21-2)16-19(18-14)12-6-7-13(8-12)20-16/h4-5,9,12-13H,3,6-8H2,1-2H3. The summed E-state index contributed by atoms with van der Waals surface area (Å²) in [5.41, 5.74) is 3.21. The summed E-state index contributed by atoms with van der Waals surface area (Å²) < 4.78 is 8.26. The number of ether oxygens (including phenoxy) is 1. The predicted molar refractivity (Wildman–Crippen MR) is 83.9 cm³/mol. The van der Waals surface area contributed by atoms with Gasteiger partial charge in [0.05, 0.1) is 10.9 Å². The van der Waals surface area contributed by atoms with Crippen LogP contribution in [-0.4, -0.2) is 27.1 Å². The number of aromatic nitrogens is 3. The van der Waals surface area contributed by atoms with E-state index in [1.165, 1.54) is 6.42 Å². The molecule has 2 bridgehead atoms. The molecule has 2 unspecified atom stereocenters. The van der Waals surface area contributed by atoms with Gasteiger partial charge in [-0.25, -0.2) is 4.68 Å².